The van der Waals surface area contributed by atoms with Gasteiger partial charge in [-0.2, -0.15) is 0 Å². The zero-order chi connectivity index (χ0) is 10.8. The molecule has 0 fully saturated rings. The maximum absolute atomic E-state index is 10.8. The number of hydrogen-bond acceptors (Lipinski definition) is 3. The normalized spacial score (nSPS) is 10.2. The van der Waals surface area contributed by atoms with Gasteiger partial charge in [-0.1, -0.05) is 5.21 Å². The number of benzene rings is 1. The van der Waals surface area contributed by atoms with Crippen LogP contribution >= 0.6 is 0 Å². The van der Waals surface area contributed by atoms with E-state index in [1.807, 2.05) is 0 Å². The SMILES string of the molecule is Cc1cc(-n2ccnn2)ccc1C(=O)O. The van der Waals surface area contributed by atoms with Crippen molar-refractivity contribution in [2.24, 2.45) is 0 Å². The van der Waals surface area contributed by atoms with Gasteiger partial charge >= 0.3 is 5.97 Å². The maximum Gasteiger partial charge on any atom is 0.335 e. The van der Waals surface area contributed by atoms with Gasteiger partial charge < -0.3 is 5.11 Å². The Hall–Kier alpha value is -2.17. The molecule has 1 N–H and O–H groups in total. The molecule has 0 saturated heterocycles. The number of carbonyl (C=O) groups is 1. The van der Waals surface area contributed by atoms with Crippen molar-refractivity contribution in [3.63, 3.8) is 0 Å². The zero-order valence-electron chi connectivity index (χ0n) is 8.08. The van der Waals surface area contributed by atoms with E-state index in [9.17, 15) is 4.79 Å². The molecule has 0 atom stereocenters. The first kappa shape index (κ1) is 9.39. The summed E-state index contributed by atoms with van der Waals surface area (Å²) in [6, 6.07) is 5.03. The van der Waals surface area contributed by atoms with Gasteiger partial charge in [-0.15, -0.1) is 5.10 Å². The molecule has 1 aromatic carbocycles. The van der Waals surface area contributed by atoms with Crippen LogP contribution < -0.4 is 0 Å². The summed E-state index contributed by atoms with van der Waals surface area (Å²) in [5, 5.41) is 16.4. The van der Waals surface area contributed by atoms with Gasteiger partial charge in [0.2, 0.25) is 0 Å². The molecule has 0 aliphatic carbocycles. The van der Waals surface area contributed by atoms with E-state index in [1.165, 1.54) is 0 Å². The monoisotopic (exact) mass is 203 g/mol. The topological polar surface area (TPSA) is 68.0 Å². The van der Waals surface area contributed by atoms with Gasteiger partial charge in [-0.25, -0.2) is 9.48 Å². The van der Waals surface area contributed by atoms with E-state index in [1.54, 1.807) is 42.2 Å². The van der Waals surface area contributed by atoms with Gasteiger partial charge in [0, 0.05) is 0 Å². The van der Waals surface area contributed by atoms with Crippen molar-refractivity contribution in [3.05, 3.63) is 41.7 Å². The van der Waals surface area contributed by atoms with Crippen LogP contribution in [0.5, 0.6) is 0 Å². The molecule has 0 spiro atoms. The Balaban J connectivity index is 2.47. The minimum atomic E-state index is -0.919. The number of aryl methyl sites for hydroxylation is 1. The number of rotatable bonds is 2. The van der Waals surface area contributed by atoms with Crippen LogP contribution in [0.2, 0.25) is 0 Å². The summed E-state index contributed by atoms with van der Waals surface area (Å²) < 4.78 is 1.58. The number of nitrogens with zero attached hydrogens (tertiary/aromatic N) is 3. The Morgan fingerprint density at radius 3 is 2.80 bits per heavy atom. The van der Waals surface area contributed by atoms with Crippen LogP contribution in [0.15, 0.2) is 30.6 Å². The second kappa shape index (κ2) is 3.53. The van der Waals surface area contributed by atoms with Crippen molar-refractivity contribution in [3.8, 4) is 5.69 Å². The van der Waals surface area contributed by atoms with Crippen molar-refractivity contribution >= 4 is 5.97 Å². The third-order valence-electron chi connectivity index (χ3n) is 2.13. The Labute approximate surface area is 86.0 Å². The van der Waals surface area contributed by atoms with E-state index >= 15 is 0 Å². The van der Waals surface area contributed by atoms with E-state index in [2.05, 4.69) is 10.3 Å². The third-order valence-corrected chi connectivity index (χ3v) is 2.13. The fourth-order valence-corrected chi connectivity index (χ4v) is 1.38. The molecule has 2 aromatic rings. The Bertz CT molecular complexity index is 491. The lowest BCUT2D eigenvalue weighted by molar-refractivity contribution is 0.0696. The first-order valence-corrected chi connectivity index (χ1v) is 4.39. The molecule has 0 saturated carbocycles. The maximum atomic E-state index is 10.8. The van der Waals surface area contributed by atoms with Gasteiger partial charge in [0.25, 0.3) is 0 Å². The molecule has 0 radical (unpaired) electrons. The molecule has 0 unspecified atom stereocenters. The predicted octanol–water partition coefficient (Wildman–Crippen LogP) is 1.27. The number of hydrogen-bond donors (Lipinski definition) is 1. The molecule has 0 aliphatic rings. The average molecular weight is 203 g/mol. The van der Waals surface area contributed by atoms with E-state index < -0.39 is 5.97 Å². The summed E-state index contributed by atoms with van der Waals surface area (Å²) >= 11 is 0. The number of aromatic nitrogens is 3. The molecular weight excluding hydrogens is 194 g/mol. The molecule has 1 aromatic heterocycles. The molecule has 1 heterocycles. The first-order chi connectivity index (χ1) is 7.18. The minimum Gasteiger partial charge on any atom is -0.478 e. The van der Waals surface area contributed by atoms with E-state index in [0.717, 1.165) is 5.69 Å². The molecule has 0 aliphatic heterocycles. The molecule has 15 heavy (non-hydrogen) atoms. The minimum absolute atomic E-state index is 0.305. The number of carboxylic acid groups (broad SMARTS) is 1. The summed E-state index contributed by atoms with van der Waals surface area (Å²) in [5.41, 5.74) is 1.81. The van der Waals surface area contributed by atoms with Crippen molar-refractivity contribution < 1.29 is 9.90 Å². The van der Waals surface area contributed by atoms with Crippen LogP contribution in [0.25, 0.3) is 5.69 Å². The van der Waals surface area contributed by atoms with Gasteiger partial charge in [-0.3, -0.25) is 0 Å². The van der Waals surface area contributed by atoms with Crippen molar-refractivity contribution in [1.29, 1.82) is 0 Å². The number of carboxylic acids is 1. The highest BCUT2D eigenvalue weighted by molar-refractivity contribution is 5.89. The van der Waals surface area contributed by atoms with Crippen LogP contribution in [-0.2, 0) is 0 Å². The van der Waals surface area contributed by atoms with Crippen LogP contribution in [-0.4, -0.2) is 26.1 Å². The van der Waals surface area contributed by atoms with Crippen molar-refractivity contribution in [1.82, 2.24) is 15.0 Å². The lowest BCUT2D eigenvalue weighted by Crippen LogP contribution is -2.02. The van der Waals surface area contributed by atoms with Crippen LogP contribution in [0, 0.1) is 6.92 Å². The van der Waals surface area contributed by atoms with Gasteiger partial charge in [0.1, 0.15) is 0 Å². The second-order valence-electron chi connectivity index (χ2n) is 3.15. The lowest BCUT2D eigenvalue weighted by Gasteiger charge is -2.04. The summed E-state index contributed by atoms with van der Waals surface area (Å²) in [7, 11) is 0. The highest BCUT2D eigenvalue weighted by Gasteiger charge is 2.07. The zero-order valence-corrected chi connectivity index (χ0v) is 8.08. The van der Waals surface area contributed by atoms with Crippen molar-refractivity contribution in [2.75, 3.05) is 0 Å². The predicted molar refractivity (Wildman–Crippen MR) is 53.1 cm³/mol. The molecule has 0 amide bonds. The van der Waals surface area contributed by atoms with E-state index in [4.69, 9.17) is 5.11 Å². The van der Waals surface area contributed by atoms with Crippen LogP contribution in [0.4, 0.5) is 0 Å². The molecule has 0 bridgehead atoms. The molecule has 5 heteroatoms. The highest BCUT2D eigenvalue weighted by atomic mass is 16.4. The average Bonchev–Trinajstić information content (AvgIpc) is 2.69. The summed E-state index contributed by atoms with van der Waals surface area (Å²) in [6.45, 7) is 1.75. The summed E-state index contributed by atoms with van der Waals surface area (Å²) in [6.07, 6.45) is 3.27. The Morgan fingerprint density at radius 2 is 2.27 bits per heavy atom. The van der Waals surface area contributed by atoms with E-state index in [0.29, 0.717) is 11.1 Å². The van der Waals surface area contributed by atoms with Gasteiger partial charge in [-0.05, 0) is 30.7 Å². The standard InChI is InChI=1S/C10H9N3O2/c1-7-6-8(13-5-4-11-12-13)2-3-9(7)10(14)15/h2-6H,1H3,(H,14,15). The first-order valence-electron chi connectivity index (χ1n) is 4.39. The summed E-state index contributed by atoms with van der Waals surface area (Å²) in [4.78, 5) is 10.8. The summed E-state index contributed by atoms with van der Waals surface area (Å²) in [5.74, 6) is -0.919. The second-order valence-corrected chi connectivity index (χ2v) is 3.15. The third kappa shape index (κ3) is 1.71. The quantitative estimate of drug-likeness (QED) is 0.798. The van der Waals surface area contributed by atoms with Crippen LogP contribution in [0.1, 0.15) is 15.9 Å². The van der Waals surface area contributed by atoms with Crippen molar-refractivity contribution in [2.45, 2.75) is 6.92 Å². The fraction of sp³-hybridized carbons (Fsp3) is 0.100. The molecule has 5 nitrogen and oxygen atoms in total. The number of aromatic carboxylic acids is 1. The smallest absolute Gasteiger partial charge is 0.335 e. The van der Waals surface area contributed by atoms with E-state index in [-0.39, 0.29) is 0 Å². The Kier molecular flexibility index (Phi) is 2.21. The fourth-order valence-electron chi connectivity index (χ4n) is 1.38. The molecule has 76 valence electrons. The van der Waals surface area contributed by atoms with Gasteiger partial charge in [0.15, 0.2) is 0 Å². The lowest BCUT2D eigenvalue weighted by atomic mass is 10.1. The van der Waals surface area contributed by atoms with Gasteiger partial charge in [0.05, 0.1) is 23.6 Å². The molecular formula is C10H9N3O2. The molecule has 2 rings (SSSR count). The highest BCUT2D eigenvalue weighted by Crippen LogP contribution is 2.13. The Morgan fingerprint density at radius 1 is 1.47 bits per heavy atom. The van der Waals surface area contributed by atoms with Crippen LogP contribution in [0.3, 0.4) is 0 Å². The largest absolute Gasteiger partial charge is 0.478 e.